The molecule has 1 fully saturated rings. The number of para-hydroxylation sites is 1. The van der Waals surface area contributed by atoms with Crippen LogP contribution in [-0.2, 0) is 4.79 Å². The number of phenols is 1. The number of carboxylic acids is 1. The number of aromatic hydroxyl groups is 1. The molecule has 1 aliphatic rings. The van der Waals surface area contributed by atoms with Crippen molar-refractivity contribution >= 4 is 11.9 Å². The highest BCUT2D eigenvalue weighted by atomic mass is 16.4. The van der Waals surface area contributed by atoms with Crippen LogP contribution in [-0.4, -0.2) is 40.1 Å². The molecule has 0 saturated carbocycles. The molecule has 0 spiro atoms. The van der Waals surface area contributed by atoms with E-state index in [2.05, 4.69) is 0 Å². The predicted octanol–water partition coefficient (Wildman–Crippen LogP) is 2.42. The van der Waals surface area contributed by atoms with Crippen molar-refractivity contribution in [3.05, 3.63) is 29.3 Å². The molecule has 0 radical (unpaired) electrons. The van der Waals surface area contributed by atoms with Crippen LogP contribution in [0.1, 0.15) is 42.1 Å². The molecule has 21 heavy (non-hydrogen) atoms. The third-order valence-corrected chi connectivity index (χ3v) is 4.29. The van der Waals surface area contributed by atoms with Gasteiger partial charge >= 0.3 is 5.97 Å². The SMILES string of the molecule is CCCC1(C(=O)O)CCN(C(=O)c2cccc(C)c2O)C1. The van der Waals surface area contributed by atoms with E-state index >= 15 is 0 Å². The number of aryl methyl sites for hydroxylation is 1. The number of nitrogens with zero attached hydrogens (tertiary/aromatic N) is 1. The molecule has 1 aliphatic heterocycles. The van der Waals surface area contributed by atoms with Crippen molar-refractivity contribution in [3.63, 3.8) is 0 Å². The largest absolute Gasteiger partial charge is 0.507 e. The minimum absolute atomic E-state index is 0.0224. The minimum atomic E-state index is -0.843. The maximum atomic E-state index is 12.5. The molecule has 1 aromatic rings. The van der Waals surface area contributed by atoms with Crippen molar-refractivity contribution in [1.29, 1.82) is 0 Å². The Kier molecular flexibility index (Phi) is 4.21. The number of phenolic OH excluding ortho intramolecular Hbond substituents is 1. The summed E-state index contributed by atoms with van der Waals surface area (Å²) >= 11 is 0. The van der Waals surface area contributed by atoms with Crippen LogP contribution in [0.2, 0.25) is 0 Å². The Morgan fingerprint density at radius 2 is 2.10 bits per heavy atom. The van der Waals surface area contributed by atoms with Gasteiger partial charge in [-0.15, -0.1) is 0 Å². The average Bonchev–Trinajstić information content (AvgIpc) is 2.87. The summed E-state index contributed by atoms with van der Waals surface area (Å²) in [6.45, 7) is 4.30. The number of hydrogen-bond acceptors (Lipinski definition) is 3. The lowest BCUT2D eigenvalue weighted by Gasteiger charge is -2.24. The molecule has 1 aromatic carbocycles. The van der Waals surface area contributed by atoms with Crippen LogP contribution in [0.25, 0.3) is 0 Å². The number of carbonyl (C=O) groups is 2. The zero-order chi connectivity index (χ0) is 15.6. The van der Waals surface area contributed by atoms with E-state index in [-0.39, 0.29) is 23.8 Å². The fourth-order valence-electron chi connectivity index (χ4n) is 3.01. The summed E-state index contributed by atoms with van der Waals surface area (Å²) in [7, 11) is 0. The summed E-state index contributed by atoms with van der Waals surface area (Å²) in [5, 5.41) is 19.5. The highest BCUT2D eigenvalue weighted by molar-refractivity contribution is 5.97. The van der Waals surface area contributed by atoms with Crippen molar-refractivity contribution < 1.29 is 19.8 Å². The van der Waals surface area contributed by atoms with Crippen molar-refractivity contribution in [2.24, 2.45) is 5.41 Å². The van der Waals surface area contributed by atoms with Crippen LogP contribution >= 0.6 is 0 Å². The third kappa shape index (κ3) is 2.73. The van der Waals surface area contributed by atoms with Crippen LogP contribution in [0, 0.1) is 12.3 Å². The van der Waals surface area contributed by atoms with E-state index in [1.807, 2.05) is 6.92 Å². The Bertz CT molecular complexity index is 569. The third-order valence-electron chi connectivity index (χ3n) is 4.29. The van der Waals surface area contributed by atoms with Crippen LogP contribution in [0.5, 0.6) is 5.75 Å². The molecule has 2 N–H and O–H groups in total. The molecule has 114 valence electrons. The second kappa shape index (κ2) is 5.76. The first kappa shape index (κ1) is 15.4. The van der Waals surface area contributed by atoms with Gasteiger partial charge in [-0.2, -0.15) is 0 Å². The van der Waals surface area contributed by atoms with Gasteiger partial charge in [0.2, 0.25) is 0 Å². The molecule has 1 saturated heterocycles. The average molecular weight is 291 g/mol. The van der Waals surface area contributed by atoms with Crippen LogP contribution in [0.4, 0.5) is 0 Å². The van der Waals surface area contributed by atoms with Crippen molar-refractivity contribution in [2.75, 3.05) is 13.1 Å². The first-order valence-corrected chi connectivity index (χ1v) is 7.22. The highest BCUT2D eigenvalue weighted by Crippen LogP contribution is 2.37. The fourth-order valence-corrected chi connectivity index (χ4v) is 3.01. The minimum Gasteiger partial charge on any atom is -0.507 e. The molecular weight excluding hydrogens is 270 g/mol. The molecule has 1 amide bonds. The van der Waals surface area contributed by atoms with E-state index in [9.17, 15) is 19.8 Å². The number of rotatable bonds is 4. The lowest BCUT2D eigenvalue weighted by Crippen LogP contribution is -2.37. The van der Waals surface area contributed by atoms with Crippen molar-refractivity contribution in [2.45, 2.75) is 33.1 Å². The summed E-state index contributed by atoms with van der Waals surface area (Å²) < 4.78 is 0. The van der Waals surface area contributed by atoms with Crippen LogP contribution in [0.3, 0.4) is 0 Å². The Morgan fingerprint density at radius 3 is 2.71 bits per heavy atom. The second-order valence-corrected chi connectivity index (χ2v) is 5.78. The number of amides is 1. The van der Waals surface area contributed by atoms with Gasteiger partial charge in [-0.05, 0) is 31.4 Å². The van der Waals surface area contributed by atoms with Gasteiger partial charge in [0.1, 0.15) is 5.75 Å². The Morgan fingerprint density at radius 1 is 1.38 bits per heavy atom. The molecule has 5 heteroatoms. The molecule has 0 aromatic heterocycles. The molecule has 0 bridgehead atoms. The smallest absolute Gasteiger partial charge is 0.311 e. The Balaban J connectivity index is 2.23. The summed E-state index contributed by atoms with van der Waals surface area (Å²) in [5.74, 6) is -1.16. The topological polar surface area (TPSA) is 77.8 Å². The van der Waals surface area contributed by atoms with E-state index < -0.39 is 11.4 Å². The van der Waals surface area contributed by atoms with Gasteiger partial charge < -0.3 is 15.1 Å². The highest BCUT2D eigenvalue weighted by Gasteiger charge is 2.45. The quantitative estimate of drug-likeness (QED) is 0.893. The summed E-state index contributed by atoms with van der Waals surface area (Å²) in [5.41, 5.74) is 0.0370. The molecular formula is C16H21NO4. The normalized spacial score (nSPS) is 21.5. The number of benzene rings is 1. The van der Waals surface area contributed by atoms with E-state index in [1.165, 1.54) is 4.90 Å². The number of carboxylic acid groups (broad SMARTS) is 1. The fraction of sp³-hybridized carbons (Fsp3) is 0.500. The lowest BCUT2D eigenvalue weighted by atomic mass is 9.83. The zero-order valence-electron chi connectivity index (χ0n) is 12.4. The molecule has 1 atom stereocenters. The van der Waals surface area contributed by atoms with Crippen molar-refractivity contribution in [1.82, 2.24) is 4.90 Å². The molecule has 2 rings (SSSR count). The maximum Gasteiger partial charge on any atom is 0.311 e. The van der Waals surface area contributed by atoms with Crippen LogP contribution in [0.15, 0.2) is 18.2 Å². The standard InChI is InChI=1S/C16H21NO4/c1-3-7-16(15(20)21)8-9-17(10-16)14(19)12-6-4-5-11(2)13(12)18/h4-6,18H,3,7-10H2,1-2H3,(H,20,21). The summed E-state index contributed by atoms with van der Waals surface area (Å²) in [6.07, 6.45) is 1.80. The maximum absolute atomic E-state index is 12.5. The van der Waals surface area contributed by atoms with Gasteiger partial charge in [0.25, 0.3) is 5.91 Å². The van der Waals surface area contributed by atoms with E-state index in [0.29, 0.717) is 24.9 Å². The number of aliphatic carboxylic acids is 1. The van der Waals surface area contributed by atoms with Crippen LogP contribution < -0.4 is 0 Å². The monoisotopic (exact) mass is 291 g/mol. The number of carbonyl (C=O) groups excluding carboxylic acids is 1. The number of likely N-dealkylation sites (tertiary alicyclic amines) is 1. The van der Waals surface area contributed by atoms with Gasteiger partial charge in [0.05, 0.1) is 11.0 Å². The Hall–Kier alpha value is -2.04. The molecule has 1 heterocycles. The van der Waals surface area contributed by atoms with Gasteiger partial charge in [-0.25, -0.2) is 0 Å². The van der Waals surface area contributed by atoms with Gasteiger partial charge in [0.15, 0.2) is 0 Å². The molecule has 0 aliphatic carbocycles. The second-order valence-electron chi connectivity index (χ2n) is 5.78. The zero-order valence-corrected chi connectivity index (χ0v) is 12.4. The summed E-state index contributed by atoms with van der Waals surface area (Å²) in [6, 6.07) is 5.02. The first-order chi connectivity index (χ1) is 9.91. The van der Waals surface area contributed by atoms with E-state index in [0.717, 1.165) is 6.42 Å². The predicted molar refractivity (Wildman–Crippen MR) is 78.3 cm³/mol. The van der Waals surface area contributed by atoms with E-state index in [4.69, 9.17) is 0 Å². The lowest BCUT2D eigenvalue weighted by molar-refractivity contribution is -0.148. The van der Waals surface area contributed by atoms with Crippen molar-refractivity contribution in [3.8, 4) is 5.75 Å². The molecule has 1 unspecified atom stereocenters. The first-order valence-electron chi connectivity index (χ1n) is 7.22. The van der Waals surface area contributed by atoms with Gasteiger partial charge in [-0.3, -0.25) is 9.59 Å². The van der Waals surface area contributed by atoms with Gasteiger partial charge in [-0.1, -0.05) is 25.5 Å². The summed E-state index contributed by atoms with van der Waals surface area (Å²) in [4.78, 5) is 25.6. The molecule has 5 nitrogen and oxygen atoms in total. The van der Waals surface area contributed by atoms with Gasteiger partial charge in [0, 0.05) is 13.1 Å². The Labute approximate surface area is 124 Å². The number of hydrogen-bond donors (Lipinski definition) is 2. The van der Waals surface area contributed by atoms with E-state index in [1.54, 1.807) is 25.1 Å².